The summed E-state index contributed by atoms with van der Waals surface area (Å²) in [6.07, 6.45) is 0. The minimum absolute atomic E-state index is 0.158. The molecule has 0 spiro atoms. The Morgan fingerprint density at radius 3 is 1.20 bits per heavy atom. The molecule has 0 aliphatic heterocycles. The van der Waals surface area contributed by atoms with E-state index in [0.717, 1.165) is 33.9 Å². The molecule has 0 bridgehead atoms. The van der Waals surface area contributed by atoms with E-state index in [2.05, 4.69) is 243 Å². The molecular formula is C67H45N3. The third-order valence-electron chi connectivity index (χ3n) is 14.9. The van der Waals surface area contributed by atoms with Crippen LogP contribution in [0.5, 0.6) is 0 Å². The summed E-state index contributed by atoms with van der Waals surface area (Å²) >= 11 is 0. The Morgan fingerprint density at radius 2 is 0.686 bits per heavy atom. The summed E-state index contributed by atoms with van der Waals surface area (Å²) in [6, 6.07) is 86.2. The Morgan fingerprint density at radius 1 is 0.300 bits per heavy atom. The van der Waals surface area contributed by atoms with Crippen molar-refractivity contribution in [3.8, 4) is 89.5 Å². The van der Waals surface area contributed by atoms with Crippen LogP contribution in [0.2, 0.25) is 0 Å². The van der Waals surface area contributed by atoms with Gasteiger partial charge in [0, 0.05) is 43.7 Å². The quantitative estimate of drug-likeness (QED) is 0.160. The van der Waals surface area contributed by atoms with Gasteiger partial charge in [0.15, 0.2) is 5.82 Å². The average molecular weight is 892 g/mol. The van der Waals surface area contributed by atoms with Gasteiger partial charge in [-0.25, -0.2) is 9.97 Å². The number of hydrogen-bond donors (Lipinski definition) is 0. The smallest absolute Gasteiger partial charge is 0.160 e. The summed E-state index contributed by atoms with van der Waals surface area (Å²) in [4.78, 5) is 10.4. The molecule has 3 aromatic heterocycles. The van der Waals surface area contributed by atoms with Gasteiger partial charge in [-0.15, -0.1) is 0 Å². The molecule has 0 amide bonds. The van der Waals surface area contributed by atoms with Gasteiger partial charge in [-0.1, -0.05) is 208 Å². The van der Waals surface area contributed by atoms with Crippen LogP contribution in [0.15, 0.2) is 237 Å². The van der Waals surface area contributed by atoms with Crippen LogP contribution in [0.4, 0.5) is 0 Å². The van der Waals surface area contributed by atoms with Crippen LogP contribution in [0.3, 0.4) is 0 Å². The van der Waals surface area contributed by atoms with E-state index >= 15 is 0 Å². The lowest BCUT2D eigenvalue weighted by Crippen LogP contribution is -2.14. The molecule has 3 nitrogen and oxygen atoms in total. The van der Waals surface area contributed by atoms with Gasteiger partial charge < -0.3 is 4.40 Å². The first kappa shape index (κ1) is 40.2. The summed E-state index contributed by atoms with van der Waals surface area (Å²) in [5.41, 5.74) is 23.3. The number of hydrogen-bond acceptors (Lipinski definition) is 2. The normalized spacial score (nSPS) is 12.8. The van der Waals surface area contributed by atoms with E-state index in [1.165, 1.54) is 105 Å². The summed E-state index contributed by atoms with van der Waals surface area (Å²) in [7, 11) is 0. The highest BCUT2D eigenvalue weighted by Crippen LogP contribution is 2.51. The highest BCUT2D eigenvalue weighted by Gasteiger charge is 2.36. The van der Waals surface area contributed by atoms with Gasteiger partial charge in [0.05, 0.1) is 27.9 Å². The van der Waals surface area contributed by atoms with E-state index in [1.807, 2.05) is 12.1 Å². The van der Waals surface area contributed by atoms with Crippen LogP contribution >= 0.6 is 0 Å². The van der Waals surface area contributed by atoms with E-state index < -0.39 is 0 Å². The maximum atomic E-state index is 5.19. The molecule has 0 saturated heterocycles. The zero-order chi connectivity index (χ0) is 46.5. The first-order valence-corrected chi connectivity index (χ1v) is 24.2. The van der Waals surface area contributed by atoms with Gasteiger partial charge in [0.1, 0.15) is 0 Å². The number of benzene rings is 10. The Bertz CT molecular complexity index is 4130. The Balaban J connectivity index is 0.854. The third kappa shape index (κ3) is 6.36. The predicted molar refractivity (Wildman–Crippen MR) is 292 cm³/mol. The number of fused-ring (bicyclic) bond motifs is 9. The number of rotatable bonds is 7. The monoisotopic (exact) mass is 891 g/mol. The van der Waals surface area contributed by atoms with E-state index in [1.54, 1.807) is 0 Å². The van der Waals surface area contributed by atoms with E-state index in [0.29, 0.717) is 0 Å². The minimum atomic E-state index is -0.158. The van der Waals surface area contributed by atoms with Crippen molar-refractivity contribution in [3.05, 3.63) is 248 Å². The van der Waals surface area contributed by atoms with Crippen LogP contribution in [-0.2, 0) is 5.41 Å². The highest BCUT2D eigenvalue weighted by molar-refractivity contribution is 6.23. The second-order valence-corrected chi connectivity index (χ2v) is 19.4. The molecule has 0 radical (unpaired) electrons. The molecule has 0 fully saturated rings. The zero-order valence-electron chi connectivity index (χ0n) is 38.9. The predicted octanol–water partition coefficient (Wildman–Crippen LogP) is 17.6. The van der Waals surface area contributed by atoms with Gasteiger partial charge >= 0.3 is 0 Å². The Labute approximate surface area is 407 Å². The van der Waals surface area contributed by atoms with Crippen LogP contribution in [0.25, 0.3) is 128 Å². The molecule has 0 unspecified atom stereocenters. The van der Waals surface area contributed by atoms with Crippen molar-refractivity contribution in [2.45, 2.75) is 19.3 Å². The fourth-order valence-corrected chi connectivity index (χ4v) is 11.4. The van der Waals surface area contributed by atoms with Crippen LogP contribution < -0.4 is 0 Å². The molecule has 14 rings (SSSR count). The average Bonchev–Trinajstić information content (AvgIpc) is 4.03. The second-order valence-electron chi connectivity index (χ2n) is 19.4. The van der Waals surface area contributed by atoms with Crippen molar-refractivity contribution in [2.24, 2.45) is 0 Å². The van der Waals surface area contributed by atoms with Gasteiger partial charge in [-0.05, 0) is 109 Å². The fourth-order valence-electron chi connectivity index (χ4n) is 11.4. The van der Waals surface area contributed by atoms with E-state index in [-0.39, 0.29) is 5.41 Å². The fraction of sp³-hybridized carbons (Fsp3) is 0.0448. The molecule has 0 saturated carbocycles. The third-order valence-corrected chi connectivity index (χ3v) is 14.9. The first-order chi connectivity index (χ1) is 34.4. The van der Waals surface area contributed by atoms with Crippen molar-refractivity contribution in [1.29, 1.82) is 0 Å². The Kier molecular flexibility index (Phi) is 8.93. The molecule has 10 aromatic carbocycles. The summed E-state index contributed by atoms with van der Waals surface area (Å²) < 4.78 is 2.51. The molecule has 0 atom stereocenters. The van der Waals surface area contributed by atoms with Gasteiger partial charge in [0.2, 0.25) is 0 Å². The molecule has 3 heteroatoms. The molecule has 70 heavy (non-hydrogen) atoms. The second kappa shape index (κ2) is 15.6. The van der Waals surface area contributed by atoms with Crippen molar-refractivity contribution >= 4 is 38.1 Å². The maximum absolute atomic E-state index is 5.19. The van der Waals surface area contributed by atoms with Crippen molar-refractivity contribution in [1.82, 2.24) is 14.4 Å². The molecule has 1 aliphatic carbocycles. The lowest BCUT2D eigenvalue weighted by atomic mass is 9.82. The molecule has 1 aliphatic rings. The van der Waals surface area contributed by atoms with Gasteiger partial charge in [-0.3, -0.25) is 0 Å². The number of para-hydroxylation sites is 1. The number of nitrogens with zero attached hydrogens (tertiary/aromatic N) is 3. The minimum Gasteiger partial charge on any atom is -0.308 e. The lowest BCUT2D eigenvalue weighted by molar-refractivity contribution is 0.660. The zero-order valence-corrected chi connectivity index (χ0v) is 38.9. The Hall–Kier alpha value is -8.92. The summed E-state index contributed by atoms with van der Waals surface area (Å²) in [6.45, 7) is 4.69. The largest absolute Gasteiger partial charge is 0.308 e. The standard InChI is InChI=1S/C67H45N3/c1-67(2)59-33-29-49(37-57(59)58-38-52(30-34-60(58)67)66-68-61(43-17-8-4-9-18-43)41-62(69-66)44-19-10-5-11-20-44)46-22-13-24-48(36-46)51-28-32-54-56-26-14-25-55-53-31-27-50(39-63(53)70(65(55)56)64(54)40-51)47-23-12-21-45(35-47)42-15-6-3-7-16-42/h3-41H,1-2H3. The van der Waals surface area contributed by atoms with Crippen LogP contribution in [-0.4, -0.2) is 14.4 Å². The van der Waals surface area contributed by atoms with Crippen LogP contribution in [0.1, 0.15) is 25.0 Å². The molecule has 13 aromatic rings. The SMILES string of the molecule is CC1(C)c2ccc(-c3cccc(-c4ccc5c6cccc7c8ccc(-c9cccc(-c%10ccccc%10)c9)cc8n(c5c4)c76)c3)cc2-c2cc(-c3nc(-c4ccccc4)cc(-c4ccccc4)n3)ccc21. The van der Waals surface area contributed by atoms with Gasteiger partial charge in [-0.2, -0.15) is 0 Å². The van der Waals surface area contributed by atoms with Crippen molar-refractivity contribution < 1.29 is 0 Å². The molecular weight excluding hydrogens is 847 g/mol. The van der Waals surface area contributed by atoms with Crippen molar-refractivity contribution in [2.75, 3.05) is 0 Å². The van der Waals surface area contributed by atoms with E-state index in [4.69, 9.17) is 9.97 Å². The van der Waals surface area contributed by atoms with Gasteiger partial charge in [0.25, 0.3) is 0 Å². The topological polar surface area (TPSA) is 30.2 Å². The van der Waals surface area contributed by atoms with Crippen molar-refractivity contribution in [3.63, 3.8) is 0 Å². The first-order valence-electron chi connectivity index (χ1n) is 24.2. The number of aromatic nitrogens is 3. The lowest BCUT2D eigenvalue weighted by Gasteiger charge is -2.21. The highest BCUT2D eigenvalue weighted by atomic mass is 14.9. The van der Waals surface area contributed by atoms with E-state index in [9.17, 15) is 0 Å². The summed E-state index contributed by atoms with van der Waals surface area (Å²) in [5.74, 6) is 0.721. The summed E-state index contributed by atoms with van der Waals surface area (Å²) in [5, 5.41) is 5.12. The van der Waals surface area contributed by atoms with Crippen LogP contribution in [0, 0.1) is 0 Å². The molecule has 328 valence electrons. The molecule has 3 heterocycles. The molecule has 0 N–H and O–H groups in total. The maximum Gasteiger partial charge on any atom is 0.160 e.